The summed E-state index contributed by atoms with van der Waals surface area (Å²) >= 11 is 2.99. The molecule has 8 aromatic rings. The Morgan fingerprint density at radius 1 is 0.588 bits per heavy atom. The van der Waals surface area contributed by atoms with Gasteiger partial charge in [-0.1, -0.05) is 87.0 Å². The fourth-order valence-corrected chi connectivity index (χ4v) is 14.6. The molecule has 2 aliphatic rings. The summed E-state index contributed by atoms with van der Waals surface area (Å²) in [4.78, 5) is 49.0. The zero-order valence-electron chi connectivity index (χ0n) is 57.1. The van der Waals surface area contributed by atoms with Crippen molar-refractivity contribution in [2.45, 2.75) is 154 Å². The molecule has 4 heterocycles. The Labute approximate surface area is 574 Å². The van der Waals surface area contributed by atoms with Gasteiger partial charge in [-0.25, -0.2) is 31.0 Å². The molecule has 520 valence electrons. The van der Waals surface area contributed by atoms with Crippen LogP contribution in [0, 0.1) is 13.8 Å². The standard InChI is InChI=1S/C35H42N4O8S.C29H32N4O6S.C6H11BrO2/c1-8-44-32(40)18-27(25-16-28-34(38(7)37-36-28)30(17-25)45-21-33(41)47-35(4,5)6)24-14-13-22(2)26(15-24)20-39-19-23(3)46-29-11-9-10-12-31(29)48(39,42)43;1-5-38-28(35)15-23(21-13-24-29(25(34)14-21)32(4)31-30-24)20-11-10-18(2)22(12-20)17-33-16-19(3)39-26-8-6-7-9-27(26)40(33,36)37;1-6(2,3)9-5(8)4-7/h9-17,23,27H,8,18-21H2,1-7H3;6-14,19,23,34H,5,15-17H2,1-4H3;4H2,1-3H3. The molecule has 97 heavy (non-hydrogen) atoms. The number of esters is 4. The number of carbonyl (C=O) groups excluding carboxylic acids is 4. The van der Waals surface area contributed by atoms with Crippen molar-refractivity contribution in [3.8, 4) is 23.0 Å². The molecule has 0 radical (unpaired) electrons. The van der Waals surface area contributed by atoms with E-state index in [1.165, 1.54) is 13.3 Å². The number of phenolic OH excluding ortho intramolecular Hbond substituents is 1. The number of rotatable bonds is 18. The number of sulfonamides is 2. The predicted molar refractivity (Wildman–Crippen MR) is 366 cm³/mol. The second-order valence-electron chi connectivity index (χ2n) is 25.7. The van der Waals surface area contributed by atoms with E-state index in [2.05, 4.69) is 36.6 Å². The van der Waals surface area contributed by atoms with Crippen LogP contribution in [-0.4, -0.2) is 146 Å². The van der Waals surface area contributed by atoms with Gasteiger partial charge in [-0.3, -0.25) is 14.4 Å². The first-order valence-corrected chi connectivity index (χ1v) is 35.7. The summed E-state index contributed by atoms with van der Waals surface area (Å²) in [5.41, 5.74) is 7.32. The second-order valence-corrected chi connectivity index (χ2v) is 30.0. The second kappa shape index (κ2) is 31.4. The number of ether oxygens (including phenoxy) is 7. The van der Waals surface area contributed by atoms with Gasteiger partial charge in [0, 0.05) is 39.0 Å². The van der Waals surface area contributed by atoms with Crippen LogP contribution in [0.3, 0.4) is 0 Å². The molecular weight excluding hydrogens is 1350 g/mol. The molecule has 10 rings (SSSR count). The Morgan fingerprint density at radius 3 is 1.44 bits per heavy atom. The van der Waals surface area contributed by atoms with E-state index in [-0.39, 0.29) is 109 Å². The highest BCUT2D eigenvalue weighted by Crippen LogP contribution is 2.40. The number of hydrogen-bond acceptors (Lipinski definition) is 20. The van der Waals surface area contributed by atoms with Gasteiger partial charge in [0.15, 0.2) is 6.61 Å². The van der Waals surface area contributed by atoms with Gasteiger partial charge in [-0.05, 0) is 176 Å². The van der Waals surface area contributed by atoms with Crippen LogP contribution in [0.5, 0.6) is 23.0 Å². The number of aromatic hydroxyl groups is 1. The van der Waals surface area contributed by atoms with Crippen LogP contribution in [0.2, 0.25) is 0 Å². The van der Waals surface area contributed by atoms with E-state index in [9.17, 15) is 41.1 Å². The van der Waals surface area contributed by atoms with Crippen molar-refractivity contribution >= 4 is 81.9 Å². The van der Waals surface area contributed by atoms with E-state index in [0.29, 0.717) is 50.4 Å². The number of halogens is 1. The quantitative estimate of drug-likeness (QED) is 0.0474. The summed E-state index contributed by atoms with van der Waals surface area (Å²) < 4.78 is 99.7. The lowest BCUT2D eigenvalue weighted by atomic mass is 9.86. The van der Waals surface area contributed by atoms with Crippen LogP contribution < -0.4 is 14.2 Å². The number of fused-ring (bicyclic) bond motifs is 4. The third-order valence-electron chi connectivity index (χ3n) is 15.6. The fraction of sp³-hybridized carbons (Fsp3) is 0.429. The SMILES string of the molecule is CC(C)(C)OC(=O)CBr.CCOC(=O)CC(c1ccc(C)c(CN2CC(C)Oc3ccccc3S2(=O)=O)c1)c1cc(O)c2c(c1)nnn2C.CCOC(=O)CC(c1ccc(C)c(CN2CC(C)Oc3ccccc3S2(=O)=O)c1)c1cc(OCC(=O)OC(C)(C)C)c2c(c1)nnn2C. The van der Waals surface area contributed by atoms with Gasteiger partial charge >= 0.3 is 23.9 Å². The minimum atomic E-state index is -3.87. The number of para-hydroxylation sites is 2. The summed E-state index contributed by atoms with van der Waals surface area (Å²) in [6.07, 6.45) is -0.697. The molecule has 2 aliphatic heterocycles. The zero-order chi connectivity index (χ0) is 70.9. The van der Waals surface area contributed by atoms with Crippen molar-refractivity contribution in [1.29, 1.82) is 0 Å². The first-order valence-electron chi connectivity index (χ1n) is 31.7. The number of alkyl halides is 1. The van der Waals surface area contributed by atoms with Crippen molar-refractivity contribution in [3.05, 3.63) is 154 Å². The Kier molecular flexibility index (Phi) is 24.0. The monoisotopic (exact) mass is 1440 g/mol. The van der Waals surface area contributed by atoms with Crippen LogP contribution in [0.1, 0.15) is 138 Å². The van der Waals surface area contributed by atoms with Crippen LogP contribution in [-0.2, 0) is 85.4 Å². The lowest BCUT2D eigenvalue weighted by Crippen LogP contribution is -2.35. The Bertz CT molecular complexity index is 4410. The highest BCUT2D eigenvalue weighted by molar-refractivity contribution is 9.09. The molecule has 6 aromatic carbocycles. The van der Waals surface area contributed by atoms with Gasteiger partial charge < -0.3 is 38.3 Å². The van der Waals surface area contributed by atoms with Crippen molar-refractivity contribution < 1.29 is 74.3 Å². The van der Waals surface area contributed by atoms with Gasteiger partial charge in [0.1, 0.15) is 83.6 Å². The molecule has 0 saturated carbocycles. The Morgan fingerprint density at radius 2 is 1.01 bits per heavy atom. The minimum Gasteiger partial charge on any atom is -0.506 e. The predicted octanol–water partition coefficient (Wildman–Crippen LogP) is 10.8. The average molecular weight is 1440 g/mol. The van der Waals surface area contributed by atoms with Gasteiger partial charge in [0.2, 0.25) is 20.0 Å². The summed E-state index contributed by atoms with van der Waals surface area (Å²) in [6, 6.07) is 31.9. The summed E-state index contributed by atoms with van der Waals surface area (Å²) in [7, 11) is -4.28. The number of aromatic nitrogens is 6. The van der Waals surface area contributed by atoms with Crippen LogP contribution in [0.25, 0.3) is 22.1 Å². The lowest BCUT2D eigenvalue weighted by molar-refractivity contribution is -0.157. The molecule has 24 nitrogen and oxygen atoms in total. The number of hydrogen-bond donors (Lipinski definition) is 1. The molecule has 27 heteroatoms. The van der Waals surface area contributed by atoms with E-state index in [0.717, 1.165) is 33.4 Å². The maximum absolute atomic E-state index is 13.8. The first-order chi connectivity index (χ1) is 45.7. The molecular formula is C70H85BrN8O16S2. The largest absolute Gasteiger partial charge is 0.506 e. The number of aryl methyl sites for hydroxylation is 4. The van der Waals surface area contributed by atoms with E-state index >= 15 is 0 Å². The van der Waals surface area contributed by atoms with Crippen molar-refractivity contribution in [1.82, 2.24) is 38.6 Å². The third-order valence-corrected chi connectivity index (χ3v) is 19.8. The Hall–Kier alpha value is -8.50. The van der Waals surface area contributed by atoms with Crippen molar-refractivity contribution in [2.75, 3.05) is 38.2 Å². The van der Waals surface area contributed by atoms with Crippen molar-refractivity contribution in [2.24, 2.45) is 14.1 Å². The highest BCUT2D eigenvalue weighted by atomic mass is 79.9. The van der Waals surface area contributed by atoms with Gasteiger partial charge in [0.25, 0.3) is 0 Å². The smallest absolute Gasteiger partial charge is 0.344 e. The molecule has 0 bridgehead atoms. The third kappa shape index (κ3) is 18.8. The maximum Gasteiger partial charge on any atom is 0.344 e. The van der Waals surface area contributed by atoms with E-state index < -0.39 is 49.4 Å². The highest BCUT2D eigenvalue weighted by Gasteiger charge is 2.36. The van der Waals surface area contributed by atoms with Gasteiger partial charge in [0.05, 0.1) is 39.1 Å². The molecule has 0 saturated heterocycles. The Balaban J connectivity index is 0.000000222. The first kappa shape index (κ1) is 74.3. The molecule has 1 N–H and O–H groups in total. The van der Waals surface area contributed by atoms with Crippen molar-refractivity contribution in [3.63, 3.8) is 0 Å². The molecule has 2 aromatic heterocycles. The van der Waals surface area contributed by atoms with E-state index in [4.69, 9.17) is 33.2 Å². The number of nitrogens with zero attached hydrogens (tertiary/aromatic N) is 8. The molecule has 0 amide bonds. The number of phenols is 1. The molecule has 0 fully saturated rings. The van der Waals surface area contributed by atoms with Crippen LogP contribution in [0.4, 0.5) is 0 Å². The molecule has 0 aliphatic carbocycles. The zero-order valence-corrected chi connectivity index (χ0v) is 60.3. The minimum absolute atomic E-state index is 0.00417. The fourth-order valence-electron chi connectivity index (χ4n) is 11.3. The summed E-state index contributed by atoms with van der Waals surface area (Å²) in [6.45, 7) is 22.6. The maximum atomic E-state index is 13.8. The summed E-state index contributed by atoms with van der Waals surface area (Å²) in [5, 5.41) is 27.6. The van der Waals surface area contributed by atoms with Crippen LogP contribution >= 0.6 is 15.9 Å². The summed E-state index contributed by atoms with van der Waals surface area (Å²) in [5.74, 6) is -1.51. The number of carbonyl (C=O) groups is 4. The van der Waals surface area contributed by atoms with E-state index in [1.807, 2.05) is 90.9 Å². The van der Waals surface area contributed by atoms with Gasteiger partial charge in [-0.2, -0.15) is 8.61 Å². The van der Waals surface area contributed by atoms with Gasteiger partial charge in [-0.15, -0.1) is 10.2 Å². The normalized spacial score (nSPS) is 16.6. The molecule has 0 spiro atoms. The average Bonchev–Trinajstić information content (AvgIpc) is 1.77. The molecule has 4 unspecified atom stereocenters. The lowest BCUT2D eigenvalue weighted by Gasteiger charge is -2.24. The topological polar surface area (TPSA) is 289 Å². The van der Waals surface area contributed by atoms with E-state index in [1.54, 1.807) is 120 Å². The molecule has 4 atom stereocenters. The number of benzene rings is 6. The van der Waals surface area contributed by atoms with Crippen LogP contribution in [0.15, 0.2) is 119 Å².